The lowest BCUT2D eigenvalue weighted by Gasteiger charge is -2.48. The molecule has 0 aromatic heterocycles. The number of allylic oxidation sites excluding steroid dienone is 4. The van der Waals surface area contributed by atoms with Gasteiger partial charge in [0.2, 0.25) is 0 Å². The lowest BCUT2D eigenvalue weighted by atomic mass is 9.65. The first-order valence-corrected chi connectivity index (χ1v) is 15.2. The van der Waals surface area contributed by atoms with E-state index < -0.39 is 0 Å². The zero-order valence-electron chi connectivity index (χ0n) is 23.5. The standard InChI is InChI=1S/C31H52ClN3O/c1-22(2)29(20-35-17-16-28(31(4,5)21-35)25-9-11-26(32)12-10-25)33-18-24-8-15-30(34-19-24)36-27-13-6-23(3)7-14-27/h6,9,11,13,15,22-29,33-34H,7-8,10,12,14,16-21H2,1-5H3/t23?,24?,25?,26?,27?,28?,29-/m0/s1. The highest BCUT2D eigenvalue weighted by Crippen LogP contribution is 2.43. The fourth-order valence-corrected chi connectivity index (χ4v) is 7.01. The smallest absolute Gasteiger partial charge is 0.183 e. The fraction of sp³-hybridized carbons (Fsp3) is 0.806. The van der Waals surface area contributed by atoms with Gasteiger partial charge in [-0.2, -0.15) is 0 Å². The molecule has 5 heteroatoms. The maximum Gasteiger partial charge on any atom is 0.183 e. The van der Waals surface area contributed by atoms with Crippen LogP contribution >= 0.6 is 11.6 Å². The van der Waals surface area contributed by atoms with Crippen LogP contribution in [0.4, 0.5) is 0 Å². The maximum atomic E-state index is 6.32. The minimum absolute atomic E-state index is 0.236. The summed E-state index contributed by atoms with van der Waals surface area (Å²) in [6, 6.07) is 0.528. The molecule has 204 valence electrons. The summed E-state index contributed by atoms with van der Waals surface area (Å²) < 4.78 is 6.20. The number of rotatable bonds is 9. The van der Waals surface area contributed by atoms with Crippen LogP contribution in [0.3, 0.4) is 0 Å². The van der Waals surface area contributed by atoms with Crippen LogP contribution in [0.1, 0.15) is 73.1 Å². The highest BCUT2D eigenvalue weighted by atomic mass is 35.5. The Balaban J connectivity index is 1.22. The number of hydrogen-bond donors (Lipinski definition) is 2. The first kappa shape index (κ1) is 28.0. The van der Waals surface area contributed by atoms with Crippen LogP contribution in [0.15, 0.2) is 36.3 Å². The minimum Gasteiger partial charge on any atom is -0.472 e. The second kappa shape index (κ2) is 12.7. The van der Waals surface area contributed by atoms with Crippen molar-refractivity contribution in [1.29, 1.82) is 0 Å². The van der Waals surface area contributed by atoms with Crippen molar-refractivity contribution < 1.29 is 4.74 Å². The normalized spacial score (nSPS) is 35.8. The predicted octanol–water partition coefficient (Wildman–Crippen LogP) is 6.34. The van der Waals surface area contributed by atoms with E-state index in [-0.39, 0.29) is 11.5 Å². The van der Waals surface area contributed by atoms with Gasteiger partial charge < -0.3 is 20.3 Å². The molecule has 6 unspecified atom stereocenters. The molecule has 1 fully saturated rings. The van der Waals surface area contributed by atoms with Gasteiger partial charge in [0.05, 0.1) is 5.38 Å². The van der Waals surface area contributed by atoms with Crippen LogP contribution in [0.25, 0.3) is 0 Å². The van der Waals surface area contributed by atoms with E-state index in [9.17, 15) is 0 Å². The molecule has 7 atom stereocenters. The van der Waals surface area contributed by atoms with E-state index in [1.54, 1.807) is 0 Å². The number of ether oxygens (including phenoxy) is 1. The number of hydrogen-bond acceptors (Lipinski definition) is 4. The summed E-state index contributed by atoms with van der Waals surface area (Å²) in [4.78, 5) is 2.73. The predicted molar refractivity (Wildman–Crippen MR) is 153 cm³/mol. The van der Waals surface area contributed by atoms with Gasteiger partial charge in [0.1, 0.15) is 6.10 Å². The number of halogens is 1. The minimum atomic E-state index is 0.236. The molecule has 0 bridgehead atoms. The zero-order chi connectivity index (χ0) is 25.7. The summed E-state index contributed by atoms with van der Waals surface area (Å²) in [7, 11) is 0. The van der Waals surface area contributed by atoms with Gasteiger partial charge in [-0.15, -0.1) is 11.6 Å². The van der Waals surface area contributed by atoms with Crippen molar-refractivity contribution in [3.05, 3.63) is 36.3 Å². The topological polar surface area (TPSA) is 36.5 Å². The van der Waals surface area contributed by atoms with Crippen molar-refractivity contribution in [2.75, 3.05) is 32.7 Å². The Kier molecular flexibility index (Phi) is 9.91. The highest BCUT2D eigenvalue weighted by Gasteiger charge is 2.40. The van der Waals surface area contributed by atoms with E-state index >= 15 is 0 Å². The first-order chi connectivity index (χ1) is 17.2. The largest absolute Gasteiger partial charge is 0.472 e. The number of alkyl halides is 1. The van der Waals surface area contributed by atoms with Gasteiger partial charge in [-0.1, -0.05) is 52.8 Å². The summed E-state index contributed by atoms with van der Waals surface area (Å²) in [5.41, 5.74) is 0.341. The molecule has 1 saturated heterocycles. The first-order valence-electron chi connectivity index (χ1n) is 14.8. The van der Waals surface area contributed by atoms with Crippen LogP contribution in [-0.4, -0.2) is 55.1 Å². The highest BCUT2D eigenvalue weighted by molar-refractivity contribution is 6.21. The van der Waals surface area contributed by atoms with Crippen LogP contribution < -0.4 is 10.6 Å². The van der Waals surface area contributed by atoms with Crippen molar-refractivity contribution in [2.24, 2.45) is 35.0 Å². The number of nitrogens with zero attached hydrogens (tertiary/aromatic N) is 1. The molecule has 4 nitrogen and oxygen atoms in total. The molecule has 2 aliphatic carbocycles. The Morgan fingerprint density at radius 3 is 2.56 bits per heavy atom. The molecule has 0 amide bonds. The van der Waals surface area contributed by atoms with Crippen LogP contribution in [0.5, 0.6) is 0 Å². The van der Waals surface area contributed by atoms with Gasteiger partial charge in [0, 0.05) is 32.2 Å². The SMILES string of the molecule is CC1C=CC(OC2=CCC(CN[C@@H](CN3CCC(C4C=CC(Cl)CC4)C(C)(C)C3)C(C)C)CN2)CC1. The van der Waals surface area contributed by atoms with Gasteiger partial charge in [-0.3, -0.25) is 0 Å². The van der Waals surface area contributed by atoms with Gasteiger partial charge in [-0.25, -0.2) is 0 Å². The van der Waals surface area contributed by atoms with E-state index in [0.29, 0.717) is 35.1 Å². The molecule has 2 aliphatic heterocycles. The quantitative estimate of drug-likeness (QED) is 0.276. The summed E-state index contributed by atoms with van der Waals surface area (Å²) in [6.45, 7) is 17.6. The molecule has 0 spiro atoms. The average molecular weight is 518 g/mol. The van der Waals surface area contributed by atoms with Crippen molar-refractivity contribution in [3.8, 4) is 0 Å². The zero-order valence-corrected chi connectivity index (χ0v) is 24.3. The summed E-state index contributed by atoms with van der Waals surface area (Å²) in [6.07, 6.45) is 18.8. The Morgan fingerprint density at radius 1 is 1.11 bits per heavy atom. The third-order valence-electron chi connectivity index (χ3n) is 9.22. The molecule has 4 rings (SSSR count). The Labute approximate surface area is 226 Å². The molecular formula is C31H52ClN3O. The third kappa shape index (κ3) is 7.77. The molecule has 0 saturated carbocycles. The van der Waals surface area contributed by atoms with Crippen LogP contribution in [0, 0.1) is 35.0 Å². The summed E-state index contributed by atoms with van der Waals surface area (Å²) in [5, 5.41) is 7.75. The van der Waals surface area contributed by atoms with E-state index in [4.69, 9.17) is 16.3 Å². The van der Waals surface area contributed by atoms with Crippen molar-refractivity contribution in [3.63, 3.8) is 0 Å². The number of likely N-dealkylation sites (tertiary alicyclic amines) is 1. The number of nitrogens with one attached hydrogen (secondary N) is 2. The second-order valence-corrected chi connectivity index (χ2v) is 13.7. The molecule has 0 aromatic rings. The van der Waals surface area contributed by atoms with E-state index in [1.165, 1.54) is 32.4 Å². The third-order valence-corrected chi connectivity index (χ3v) is 9.58. The van der Waals surface area contributed by atoms with Gasteiger partial charge in [0.25, 0.3) is 0 Å². The van der Waals surface area contributed by atoms with Gasteiger partial charge in [-0.05, 0) is 92.2 Å². The molecule has 0 radical (unpaired) electrons. The van der Waals surface area contributed by atoms with E-state index in [2.05, 4.69) is 80.5 Å². The Morgan fingerprint density at radius 2 is 1.94 bits per heavy atom. The Hall–Kier alpha value is -0.970. The molecule has 2 heterocycles. The molecular weight excluding hydrogens is 466 g/mol. The molecule has 4 aliphatic rings. The monoisotopic (exact) mass is 517 g/mol. The Bertz CT molecular complexity index is 791. The van der Waals surface area contributed by atoms with Crippen LogP contribution in [-0.2, 0) is 4.74 Å². The molecule has 0 aromatic carbocycles. The number of piperidine rings is 1. The van der Waals surface area contributed by atoms with Gasteiger partial charge >= 0.3 is 0 Å². The molecule has 2 N–H and O–H groups in total. The van der Waals surface area contributed by atoms with Gasteiger partial charge in [0.15, 0.2) is 5.88 Å². The molecule has 36 heavy (non-hydrogen) atoms. The summed E-state index contributed by atoms with van der Waals surface area (Å²) >= 11 is 6.32. The lowest BCUT2D eigenvalue weighted by molar-refractivity contribution is 0.0217. The van der Waals surface area contributed by atoms with Crippen molar-refractivity contribution in [2.45, 2.75) is 90.7 Å². The van der Waals surface area contributed by atoms with Crippen LogP contribution in [0.2, 0.25) is 0 Å². The van der Waals surface area contributed by atoms with E-state index in [0.717, 1.165) is 50.7 Å². The lowest BCUT2D eigenvalue weighted by Crippen LogP contribution is -2.53. The van der Waals surface area contributed by atoms with Crippen molar-refractivity contribution >= 4 is 11.6 Å². The average Bonchev–Trinajstić information content (AvgIpc) is 2.84. The maximum absolute atomic E-state index is 6.32. The fourth-order valence-electron chi connectivity index (χ4n) is 6.80. The second-order valence-electron chi connectivity index (χ2n) is 13.2. The summed E-state index contributed by atoms with van der Waals surface area (Å²) in [5.74, 6) is 4.38. The van der Waals surface area contributed by atoms with Crippen molar-refractivity contribution in [1.82, 2.24) is 15.5 Å². The van der Waals surface area contributed by atoms with E-state index in [1.807, 2.05) is 0 Å².